The summed E-state index contributed by atoms with van der Waals surface area (Å²) >= 11 is 0. The highest BCUT2D eigenvalue weighted by atomic mass is 16.2. The highest BCUT2D eigenvalue weighted by Crippen LogP contribution is 2.24. The Morgan fingerprint density at radius 1 is 1.06 bits per heavy atom. The molecule has 0 fully saturated rings. The number of nitrogens with zero attached hydrogens (tertiary/aromatic N) is 1. The van der Waals surface area contributed by atoms with E-state index in [1.807, 2.05) is 30.3 Å². The number of aromatic amines is 1. The number of rotatable bonds is 8. The molecule has 158 valence electrons. The maximum absolute atomic E-state index is 13.1. The molecule has 1 atom stereocenters. The van der Waals surface area contributed by atoms with E-state index >= 15 is 0 Å². The minimum Gasteiger partial charge on any atom is -0.397 e. The van der Waals surface area contributed by atoms with Crippen LogP contribution in [-0.2, 0) is 20.8 Å². The Labute approximate surface area is 179 Å². The number of carbonyl (C=O) groups is 3. The number of hydrogen-bond donors (Lipinski definition) is 4. The molecule has 0 saturated heterocycles. The minimum atomic E-state index is -1.14. The molecule has 8 nitrogen and oxygen atoms in total. The van der Waals surface area contributed by atoms with Crippen LogP contribution in [0.3, 0.4) is 0 Å². The van der Waals surface area contributed by atoms with Crippen LogP contribution < -0.4 is 16.8 Å². The number of aromatic nitrogens is 1. The van der Waals surface area contributed by atoms with Gasteiger partial charge in [-0.2, -0.15) is 0 Å². The molecule has 0 aliphatic carbocycles. The lowest BCUT2D eigenvalue weighted by Crippen LogP contribution is -2.48. The van der Waals surface area contributed by atoms with E-state index in [2.05, 4.69) is 15.3 Å². The van der Waals surface area contributed by atoms with E-state index in [-0.39, 0.29) is 17.7 Å². The van der Waals surface area contributed by atoms with Crippen LogP contribution in [0.4, 0.5) is 0 Å². The zero-order chi connectivity index (χ0) is 22.4. The summed E-state index contributed by atoms with van der Waals surface area (Å²) < 4.78 is 0. The molecule has 0 bridgehead atoms. The first-order valence-corrected chi connectivity index (χ1v) is 9.59. The van der Waals surface area contributed by atoms with Crippen molar-refractivity contribution >= 4 is 40.4 Å². The molecule has 8 heteroatoms. The van der Waals surface area contributed by atoms with Crippen molar-refractivity contribution in [3.8, 4) is 0 Å². The van der Waals surface area contributed by atoms with E-state index in [0.717, 1.165) is 16.5 Å². The van der Waals surface area contributed by atoms with Gasteiger partial charge in [0.1, 0.15) is 6.04 Å². The second-order valence-corrected chi connectivity index (χ2v) is 6.91. The first-order chi connectivity index (χ1) is 14.9. The molecule has 1 heterocycles. The van der Waals surface area contributed by atoms with Gasteiger partial charge in [0.05, 0.1) is 11.3 Å². The largest absolute Gasteiger partial charge is 0.397 e. The highest BCUT2D eigenvalue weighted by molar-refractivity contribution is 6.38. The zero-order valence-corrected chi connectivity index (χ0v) is 17.0. The predicted octanol–water partition coefficient (Wildman–Crippen LogP) is 1.32. The highest BCUT2D eigenvalue weighted by Gasteiger charge is 2.27. The molecule has 6 N–H and O–H groups in total. The van der Waals surface area contributed by atoms with Crippen molar-refractivity contribution in [3.05, 3.63) is 77.5 Å². The third kappa shape index (κ3) is 4.87. The van der Waals surface area contributed by atoms with Crippen molar-refractivity contribution in [1.29, 1.82) is 0 Å². The molecule has 3 rings (SSSR count). The Kier molecular flexibility index (Phi) is 6.61. The monoisotopic (exact) mass is 417 g/mol. The normalized spacial score (nSPS) is 13.1. The molecule has 1 aromatic heterocycles. The molecule has 0 saturated carbocycles. The van der Waals surface area contributed by atoms with Crippen LogP contribution in [0.1, 0.15) is 11.1 Å². The summed E-state index contributed by atoms with van der Waals surface area (Å²) in [6.45, 7) is 0. The van der Waals surface area contributed by atoms with Gasteiger partial charge in [-0.15, -0.1) is 0 Å². The molecule has 0 spiro atoms. The van der Waals surface area contributed by atoms with Crippen LogP contribution in [0.25, 0.3) is 16.6 Å². The third-order valence-corrected chi connectivity index (χ3v) is 4.82. The van der Waals surface area contributed by atoms with Crippen LogP contribution in [0, 0.1) is 0 Å². The number of primary amides is 1. The molecule has 2 amide bonds. The van der Waals surface area contributed by atoms with Gasteiger partial charge in [-0.05, 0) is 11.6 Å². The number of nitrogens with two attached hydrogens (primary N) is 2. The van der Waals surface area contributed by atoms with Gasteiger partial charge in [0, 0.05) is 42.3 Å². The molecule has 0 aliphatic rings. The summed E-state index contributed by atoms with van der Waals surface area (Å²) in [6, 6.07) is 15.4. The van der Waals surface area contributed by atoms with Crippen LogP contribution in [0.5, 0.6) is 0 Å². The van der Waals surface area contributed by atoms with Crippen molar-refractivity contribution in [1.82, 2.24) is 10.3 Å². The molecule has 31 heavy (non-hydrogen) atoms. The van der Waals surface area contributed by atoms with Crippen molar-refractivity contribution in [2.45, 2.75) is 12.5 Å². The molecule has 2 aromatic carbocycles. The Hall–Kier alpha value is -4.20. The predicted molar refractivity (Wildman–Crippen MR) is 120 cm³/mol. The number of H-pyrrole nitrogens is 1. The summed E-state index contributed by atoms with van der Waals surface area (Å²) in [7, 11) is 1.51. The molecular formula is C23H23N5O3. The SMILES string of the molecule is CN=CC(C(=O)NC(Cc1ccccc1)C(=O)C(N)=O)=C(N)c1c[nH]c2ccccc12. The number of benzene rings is 2. The van der Waals surface area contributed by atoms with E-state index < -0.39 is 23.6 Å². The van der Waals surface area contributed by atoms with Gasteiger partial charge in [0.2, 0.25) is 5.78 Å². The van der Waals surface area contributed by atoms with Gasteiger partial charge in [-0.3, -0.25) is 19.4 Å². The quantitative estimate of drug-likeness (QED) is 0.249. The summed E-state index contributed by atoms with van der Waals surface area (Å²) in [5.74, 6) is -2.65. The number of hydrogen-bond acceptors (Lipinski definition) is 5. The topological polar surface area (TPSA) is 143 Å². The van der Waals surface area contributed by atoms with Crippen LogP contribution in [0.15, 0.2) is 71.4 Å². The lowest BCUT2D eigenvalue weighted by molar-refractivity contribution is -0.138. The molecule has 3 aromatic rings. The maximum Gasteiger partial charge on any atom is 0.287 e. The van der Waals surface area contributed by atoms with Gasteiger partial charge in [-0.25, -0.2) is 0 Å². The van der Waals surface area contributed by atoms with Crippen molar-refractivity contribution in [2.75, 3.05) is 7.05 Å². The van der Waals surface area contributed by atoms with E-state index in [0.29, 0.717) is 5.56 Å². The van der Waals surface area contributed by atoms with Gasteiger partial charge in [-0.1, -0.05) is 48.5 Å². The van der Waals surface area contributed by atoms with Crippen LogP contribution >= 0.6 is 0 Å². The molecular weight excluding hydrogens is 394 g/mol. The van der Waals surface area contributed by atoms with Gasteiger partial charge >= 0.3 is 0 Å². The summed E-state index contributed by atoms with van der Waals surface area (Å²) in [5, 5.41) is 3.43. The first kappa shape index (κ1) is 21.5. The fourth-order valence-electron chi connectivity index (χ4n) is 3.29. The second-order valence-electron chi connectivity index (χ2n) is 6.91. The van der Waals surface area contributed by atoms with E-state index in [4.69, 9.17) is 11.5 Å². The third-order valence-electron chi connectivity index (χ3n) is 4.82. The average Bonchev–Trinajstić information content (AvgIpc) is 3.20. The zero-order valence-electron chi connectivity index (χ0n) is 17.0. The van der Waals surface area contributed by atoms with Gasteiger partial charge in [0.15, 0.2) is 0 Å². The van der Waals surface area contributed by atoms with Crippen LogP contribution in [0.2, 0.25) is 0 Å². The number of carbonyl (C=O) groups excluding carboxylic acids is 3. The number of Topliss-reactive ketones (excluding diaryl/α,β-unsaturated/α-hetero) is 1. The molecule has 0 radical (unpaired) electrons. The number of fused-ring (bicyclic) bond motifs is 1. The second kappa shape index (κ2) is 9.53. The lowest BCUT2D eigenvalue weighted by atomic mass is 10.0. The smallest absolute Gasteiger partial charge is 0.287 e. The Bertz CT molecular complexity index is 1180. The first-order valence-electron chi connectivity index (χ1n) is 9.59. The Morgan fingerprint density at radius 2 is 1.74 bits per heavy atom. The summed E-state index contributed by atoms with van der Waals surface area (Å²) in [6.07, 6.45) is 3.13. The van der Waals surface area contributed by atoms with E-state index in [1.54, 1.807) is 30.5 Å². The van der Waals surface area contributed by atoms with Gasteiger partial charge < -0.3 is 21.8 Å². The van der Waals surface area contributed by atoms with Crippen molar-refractivity contribution < 1.29 is 14.4 Å². The summed E-state index contributed by atoms with van der Waals surface area (Å²) in [5.41, 5.74) is 14.0. The fraction of sp³-hybridized carbons (Fsp3) is 0.130. The number of amides is 2. The fourth-order valence-corrected chi connectivity index (χ4v) is 3.29. The van der Waals surface area contributed by atoms with E-state index in [1.165, 1.54) is 13.3 Å². The van der Waals surface area contributed by atoms with Crippen molar-refractivity contribution in [2.24, 2.45) is 16.5 Å². The Balaban J connectivity index is 1.96. The van der Waals surface area contributed by atoms with Gasteiger partial charge in [0.25, 0.3) is 11.8 Å². The number of ketones is 1. The number of nitrogens with one attached hydrogen (secondary N) is 2. The van der Waals surface area contributed by atoms with Crippen LogP contribution in [-0.4, -0.2) is 41.9 Å². The average molecular weight is 417 g/mol. The standard InChI is InChI=1S/C23H23N5O3/c1-26-12-17(20(24)16-13-27-18-10-6-5-9-15(16)18)23(31)28-19(21(29)22(25)30)11-14-7-3-2-4-8-14/h2-10,12-13,19,27H,11,24H2,1H3,(H2,25,30)(H,28,31). The maximum atomic E-state index is 13.1. The number of para-hydroxylation sites is 1. The molecule has 0 aliphatic heterocycles. The molecule has 1 unspecified atom stereocenters. The summed E-state index contributed by atoms with van der Waals surface area (Å²) in [4.78, 5) is 44.0. The van der Waals surface area contributed by atoms with Crippen molar-refractivity contribution in [3.63, 3.8) is 0 Å². The lowest BCUT2D eigenvalue weighted by Gasteiger charge is -2.17. The Morgan fingerprint density at radius 3 is 2.42 bits per heavy atom. The van der Waals surface area contributed by atoms with E-state index in [9.17, 15) is 14.4 Å². The number of aliphatic imine (C=N–C) groups is 1. The minimum absolute atomic E-state index is 0.0718.